The number of hydrogen-bond acceptors (Lipinski definition) is 4. The summed E-state index contributed by atoms with van der Waals surface area (Å²) in [6.45, 7) is 9.87. The van der Waals surface area contributed by atoms with Gasteiger partial charge < -0.3 is 9.47 Å². The highest BCUT2D eigenvalue weighted by Crippen LogP contribution is 2.40. The molecule has 1 aromatic rings. The van der Waals surface area contributed by atoms with E-state index in [1.807, 2.05) is 27.7 Å². The van der Waals surface area contributed by atoms with E-state index in [4.69, 9.17) is 20.2 Å². The van der Waals surface area contributed by atoms with Crippen molar-refractivity contribution in [3.05, 3.63) is 23.8 Å². The van der Waals surface area contributed by atoms with E-state index >= 15 is 0 Å². The molecule has 1 unspecified atom stereocenters. The minimum atomic E-state index is -3.72. The fourth-order valence-electron chi connectivity index (χ4n) is 2.75. The number of rotatable bonds is 3. The number of aryl methyl sites for hydroxylation is 1. The van der Waals surface area contributed by atoms with Gasteiger partial charge in [0.15, 0.2) is 0 Å². The highest BCUT2D eigenvalue weighted by Gasteiger charge is 2.47. The summed E-state index contributed by atoms with van der Waals surface area (Å²) in [4.78, 5) is 0.0799. The van der Waals surface area contributed by atoms with Crippen molar-refractivity contribution in [3.63, 3.8) is 0 Å². The summed E-state index contributed by atoms with van der Waals surface area (Å²) in [5.74, 6) is 0.651. The Morgan fingerprint density at radius 2 is 1.90 bits per heavy atom. The van der Waals surface area contributed by atoms with Crippen LogP contribution in [0.4, 0.5) is 0 Å². The van der Waals surface area contributed by atoms with Gasteiger partial charge in [-0.3, -0.25) is 0 Å². The van der Waals surface area contributed by atoms with Gasteiger partial charge in [0.1, 0.15) is 17.5 Å². The molecule has 0 saturated carbocycles. The predicted octanol–water partition coefficient (Wildman–Crippen LogP) is 3.65. The molecule has 118 valence electrons. The molecule has 1 aliphatic rings. The maximum absolute atomic E-state index is 11.3. The van der Waals surface area contributed by atoms with Gasteiger partial charge >= 0.3 is 0 Å². The third-order valence-corrected chi connectivity index (χ3v) is 5.04. The van der Waals surface area contributed by atoms with E-state index < -0.39 is 14.7 Å². The average molecular weight is 333 g/mol. The molecule has 1 atom stereocenters. The number of hydrogen-bond donors (Lipinski definition) is 0. The van der Waals surface area contributed by atoms with E-state index in [0.717, 1.165) is 12.0 Å². The molecule has 0 aliphatic carbocycles. The van der Waals surface area contributed by atoms with Crippen molar-refractivity contribution in [1.29, 1.82) is 0 Å². The number of benzene rings is 1. The van der Waals surface area contributed by atoms with Crippen LogP contribution in [0.15, 0.2) is 23.1 Å². The highest BCUT2D eigenvalue weighted by molar-refractivity contribution is 8.13. The molecule has 0 aromatic heterocycles. The fourth-order valence-corrected chi connectivity index (χ4v) is 3.59. The zero-order chi connectivity index (χ0) is 16.1. The van der Waals surface area contributed by atoms with E-state index in [2.05, 4.69) is 0 Å². The molecular formula is C15H21ClO4S. The molecular weight excluding hydrogens is 312 g/mol. The van der Waals surface area contributed by atoms with Crippen molar-refractivity contribution >= 4 is 19.7 Å². The van der Waals surface area contributed by atoms with Crippen molar-refractivity contribution < 1.29 is 17.9 Å². The first kappa shape index (κ1) is 16.6. The third kappa shape index (κ3) is 3.71. The molecule has 0 N–H and O–H groups in total. The highest BCUT2D eigenvalue weighted by atomic mass is 35.7. The first-order valence-electron chi connectivity index (χ1n) is 6.83. The second-order valence-corrected chi connectivity index (χ2v) is 9.21. The largest absolute Gasteiger partial charge is 0.487 e. The molecule has 1 fully saturated rings. The molecule has 1 saturated heterocycles. The lowest BCUT2D eigenvalue weighted by molar-refractivity contribution is -0.0846. The summed E-state index contributed by atoms with van der Waals surface area (Å²) < 4.78 is 34.7. The molecule has 1 aliphatic heterocycles. The smallest absolute Gasteiger partial charge is 0.261 e. The van der Waals surface area contributed by atoms with E-state index in [9.17, 15) is 8.42 Å². The molecule has 2 rings (SSSR count). The van der Waals surface area contributed by atoms with Gasteiger partial charge in [0.2, 0.25) is 0 Å². The summed E-state index contributed by atoms with van der Waals surface area (Å²) in [5, 5.41) is 0. The van der Waals surface area contributed by atoms with E-state index in [-0.39, 0.29) is 16.6 Å². The van der Waals surface area contributed by atoms with Gasteiger partial charge in [-0.05, 0) is 58.4 Å². The normalized spacial score (nSPS) is 24.0. The Morgan fingerprint density at radius 3 is 2.33 bits per heavy atom. The van der Waals surface area contributed by atoms with Crippen LogP contribution in [-0.4, -0.2) is 25.7 Å². The van der Waals surface area contributed by atoms with Crippen LogP contribution in [0.1, 0.15) is 39.7 Å². The van der Waals surface area contributed by atoms with Crippen LogP contribution in [0.5, 0.6) is 5.75 Å². The topological polar surface area (TPSA) is 52.6 Å². The van der Waals surface area contributed by atoms with Crippen molar-refractivity contribution in [1.82, 2.24) is 0 Å². The lowest BCUT2D eigenvalue weighted by Crippen LogP contribution is -2.36. The second-order valence-electron chi connectivity index (χ2n) is 6.64. The molecule has 0 amide bonds. The first-order valence-corrected chi connectivity index (χ1v) is 9.14. The van der Waals surface area contributed by atoms with Crippen LogP contribution in [0.25, 0.3) is 0 Å². The SMILES string of the molecule is Cc1cc(S(=O)(=O)Cl)ccc1OC1CC(C)(C)OC1(C)C. The van der Waals surface area contributed by atoms with Crippen molar-refractivity contribution in [2.75, 3.05) is 0 Å². The maximum atomic E-state index is 11.3. The Kier molecular flexibility index (Phi) is 4.06. The summed E-state index contributed by atoms with van der Waals surface area (Å²) in [7, 11) is 1.63. The first-order chi connectivity index (χ1) is 9.41. The Labute approximate surface area is 130 Å². The lowest BCUT2D eigenvalue weighted by atomic mass is 9.97. The van der Waals surface area contributed by atoms with Crippen LogP contribution < -0.4 is 4.74 Å². The van der Waals surface area contributed by atoms with Gasteiger partial charge in [0, 0.05) is 17.1 Å². The Bertz CT molecular complexity index is 650. The minimum Gasteiger partial charge on any atom is -0.487 e. The maximum Gasteiger partial charge on any atom is 0.261 e. The van der Waals surface area contributed by atoms with Gasteiger partial charge in [0.05, 0.1) is 10.5 Å². The predicted molar refractivity (Wildman–Crippen MR) is 82.5 cm³/mol. The molecule has 0 bridgehead atoms. The molecule has 1 aromatic carbocycles. The summed E-state index contributed by atoms with van der Waals surface area (Å²) in [6, 6.07) is 4.62. The molecule has 0 radical (unpaired) electrons. The minimum absolute atomic E-state index is 0.0799. The summed E-state index contributed by atoms with van der Waals surface area (Å²) in [6.07, 6.45) is 0.680. The van der Waals surface area contributed by atoms with Crippen LogP contribution in [0, 0.1) is 6.92 Å². The van der Waals surface area contributed by atoms with Gasteiger partial charge in [-0.2, -0.15) is 0 Å². The molecule has 21 heavy (non-hydrogen) atoms. The number of ether oxygens (including phenoxy) is 2. The monoisotopic (exact) mass is 332 g/mol. The van der Waals surface area contributed by atoms with Gasteiger partial charge in [-0.25, -0.2) is 8.42 Å². The van der Waals surface area contributed by atoms with Gasteiger partial charge in [0.25, 0.3) is 9.05 Å². The van der Waals surface area contributed by atoms with Crippen molar-refractivity contribution in [3.8, 4) is 5.75 Å². The molecule has 4 nitrogen and oxygen atoms in total. The molecule has 0 spiro atoms. The Hall–Kier alpha value is -0.780. The van der Waals surface area contributed by atoms with Crippen LogP contribution in [-0.2, 0) is 13.8 Å². The van der Waals surface area contributed by atoms with Crippen LogP contribution >= 0.6 is 10.7 Å². The quantitative estimate of drug-likeness (QED) is 0.793. The zero-order valence-corrected chi connectivity index (χ0v) is 14.5. The Balaban J connectivity index is 2.25. The van der Waals surface area contributed by atoms with Gasteiger partial charge in [-0.15, -0.1) is 0 Å². The van der Waals surface area contributed by atoms with Crippen molar-refractivity contribution in [2.45, 2.75) is 63.2 Å². The standard InChI is InChI=1S/C15H21ClO4S/c1-10-8-11(21(16,17)18)6-7-12(10)19-13-9-14(2,3)20-15(13,4)5/h6-8,13H,9H2,1-5H3. The van der Waals surface area contributed by atoms with E-state index in [0.29, 0.717) is 5.75 Å². The average Bonchev–Trinajstić information content (AvgIpc) is 2.48. The molecule has 1 heterocycles. The van der Waals surface area contributed by atoms with Crippen LogP contribution in [0.2, 0.25) is 0 Å². The van der Waals surface area contributed by atoms with Crippen LogP contribution in [0.3, 0.4) is 0 Å². The van der Waals surface area contributed by atoms with Gasteiger partial charge in [-0.1, -0.05) is 0 Å². The molecule has 6 heteroatoms. The summed E-state index contributed by atoms with van der Waals surface area (Å²) >= 11 is 0. The van der Waals surface area contributed by atoms with Crippen molar-refractivity contribution in [2.24, 2.45) is 0 Å². The summed E-state index contributed by atoms with van der Waals surface area (Å²) in [5.41, 5.74) is 0.103. The van der Waals surface area contributed by atoms with E-state index in [1.54, 1.807) is 13.0 Å². The zero-order valence-electron chi connectivity index (χ0n) is 12.9. The second kappa shape index (κ2) is 5.14. The number of halogens is 1. The lowest BCUT2D eigenvalue weighted by Gasteiger charge is -2.28. The Morgan fingerprint density at radius 1 is 1.29 bits per heavy atom. The fraction of sp³-hybridized carbons (Fsp3) is 0.600. The van der Waals surface area contributed by atoms with E-state index in [1.165, 1.54) is 12.1 Å². The third-order valence-electron chi connectivity index (χ3n) is 3.69.